The van der Waals surface area contributed by atoms with Gasteiger partial charge in [0.25, 0.3) is 0 Å². The molecule has 0 unspecified atom stereocenters. The van der Waals surface area contributed by atoms with Gasteiger partial charge in [-0.2, -0.15) is 0 Å². The number of aromatic nitrogens is 2. The van der Waals surface area contributed by atoms with E-state index in [1.165, 1.54) is 0 Å². The van der Waals surface area contributed by atoms with Crippen LogP contribution >= 0.6 is 0 Å². The molecule has 7 heteroatoms. The highest BCUT2D eigenvalue weighted by atomic mass is 16.5. The van der Waals surface area contributed by atoms with Gasteiger partial charge in [0.2, 0.25) is 11.9 Å². The first-order valence-corrected chi connectivity index (χ1v) is 9.85. The monoisotopic (exact) mass is 384 g/mol. The molecule has 0 saturated carbocycles. The third kappa shape index (κ3) is 4.91. The molecule has 1 aromatic heterocycles. The molecule has 7 nitrogen and oxygen atoms in total. The van der Waals surface area contributed by atoms with Crippen LogP contribution in [0.2, 0.25) is 0 Å². The molecule has 28 heavy (non-hydrogen) atoms. The molecule has 2 aromatic rings. The van der Waals surface area contributed by atoms with Crippen molar-refractivity contribution in [2.24, 2.45) is 5.92 Å². The molecule has 0 aliphatic carbocycles. The summed E-state index contributed by atoms with van der Waals surface area (Å²) in [4.78, 5) is 23.8. The smallest absolute Gasteiger partial charge is 0.227 e. The lowest BCUT2D eigenvalue weighted by atomic mass is 9.96. The van der Waals surface area contributed by atoms with Crippen LogP contribution in [-0.4, -0.2) is 42.2 Å². The number of carbonyl (C=O) groups is 1. The largest absolute Gasteiger partial charge is 0.494 e. The van der Waals surface area contributed by atoms with Gasteiger partial charge < -0.3 is 19.7 Å². The minimum atomic E-state index is -0.0497. The van der Waals surface area contributed by atoms with Crippen LogP contribution < -0.4 is 19.7 Å². The first kappa shape index (κ1) is 19.9. The second kappa shape index (κ2) is 9.39. The Labute approximate surface area is 166 Å². The second-order valence-electron chi connectivity index (χ2n) is 6.77. The molecule has 1 N–H and O–H groups in total. The molecular formula is C21H28N4O3. The number of rotatable bonds is 7. The first-order valence-electron chi connectivity index (χ1n) is 9.85. The molecule has 1 aliphatic rings. The van der Waals surface area contributed by atoms with E-state index in [1.807, 2.05) is 45.0 Å². The van der Waals surface area contributed by atoms with Crippen LogP contribution in [0.25, 0.3) is 0 Å². The number of benzene rings is 1. The summed E-state index contributed by atoms with van der Waals surface area (Å²) in [6.45, 7) is 8.44. The molecule has 1 saturated heterocycles. The Balaban J connectivity index is 1.63. The fourth-order valence-corrected chi connectivity index (χ4v) is 3.31. The predicted molar refractivity (Wildman–Crippen MR) is 109 cm³/mol. The van der Waals surface area contributed by atoms with Crippen LogP contribution in [0.4, 0.5) is 11.6 Å². The number of hydrogen-bond acceptors (Lipinski definition) is 6. The third-order valence-electron chi connectivity index (χ3n) is 4.75. The molecular weight excluding hydrogens is 356 g/mol. The zero-order valence-electron chi connectivity index (χ0n) is 16.8. The summed E-state index contributed by atoms with van der Waals surface area (Å²) in [6.07, 6.45) is 3.30. The van der Waals surface area contributed by atoms with Gasteiger partial charge in [-0.05, 0) is 51.8 Å². The summed E-state index contributed by atoms with van der Waals surface area (Å²) in [5.74, 6) is 2.07. The molecule has 0 radical (unpaired) electrons. The quantitative estimate of drug-likeness (QED) is 0.788. The number of hydrogen-bond donors (Lipinski definition) is 1. The Morgan fingerprint density at radius 2 is 1.93 bits per heavy atom. The van der Waals surface area contributed by atoms with Crippen LogP contribution in [0, 0.1) is 12.8 Å². The molecule has 2 heterocycles. The van der Waals surface area contributed by atoms with Crippen molar-refractivity contribution in [1.82, 2.24) is 9.97 Å². The van der Waals surface area contributed by atoms with Crippen molar-refractivity contribution < 1.29 is 14.3 Å². The summed E-state index contributed by atoms with van der Waals surface area (Å²) in [6, 6.07) is 7.39. The lowest BCUT2D eigenvalue weighted by Crippen LogP contribution is -2.39. The second-order valence-corrected chi connectivity index (χ2v) is 6.77. The van der Waals surface area contributed by atoms with Crippen LogP contribution in [0.5, 0.6) is 11.5 Å². The molecule has 1 aromatic carbocycles. The maximum absolute atomic E-state index is 12.8. The van der Waals surface area contributed by atoms with E-state index in [9.17, 15) is 4.79 Å². The Hall–Kier alpha value is -2.83. The van der Waals surface area contributed by atoms with Gasteiger partial charge in [0.15, 0.2) is 0 Å². The summed E-state index contributed by atoms with van der Waals surface area (Å²) in [5.41, 5.74) is 1.60. The molecule has 1 fully saturated rings. The van der Waals surface area contributed by atoms with E-state index in [2.05, 4.69) is 20.2 Å². The number of nitrogens with one attached hydrogen (secondary N) is 1. The van der Waals surface area contributed by atoms with E-state index in [4.69, 9.17) is 9.47 Å². The highest BCUT2D eigenvalue weighted by molar-refractivity contribution is 5.94. The fourth-order valence-electron chi connectivity index (χ4n) is 3.31. The topological polar surface area (TPSA) is 76.6 Å². The number of amides is 1. The van der Waals surface area contributed by atoms with Crippen LogP contribution in [0.15, 0.2) is 30.5 Å². The molecule has 1 amide bonds. The van der Waals surface area contributed by atoms with Gasteiger partial charge in [-0.3, -0.25) is 4.79 Å². The van der Waals surface area contributed by atoms with Gasteiger partial charge in [0.1, 0.15) is 11.5 Å². The third-order valence-corrected chi connectivity index (χ3v) is 4.75. The van der Waals surface area contributed by atoms with Gasteiger partial charge in [0, 0.05) is 37.0 Å². The first-order chi connectivity index (χ1) is 13.6. The lowest BCUT2D eigenvalue weighted by molar-refractivity contribution is -0.120. The fraction of sp³-hybridized carbons (Fsp3) is 0.476. The van der Waals surface area contributed by atoms with Crippen LogP contribution in [-0.2, 0) is 4.79 Å². The zero-order valence-corrected chi connectivity index (χ0v) is 16.8. The lowest BCUT2D eigenvalue weighted by Gasteiger charge is -2.31. The zero-order chi connectivity index (χ0) is 19.9. The van der Waals surface area contributed by atoms with Crippen molar-refractivity contribution in [2.75, 3.05) is 36.5 Å². The molecule has 0 atom stereocenters. The van der Waals surface area contributed by atoms with Crippen LogP contribution in [0.3, 0.4) is 0 Å². The SMILES string of the molecule is CCOc1ccc(OCC)c(NC(=O)C2CCN(c3nccc(C)n3)CC2)c1. The molecule has 3 rings (SSSR count). The Morgan fingerprint density at radius 3 is 2.61 bits per heavy atom. The maximum Gasteiger partial charge on any atom is 0.227 e. The number of ether oxygens (including phenoxy) is 2. The molecule has 1 aliphatic heterocycles. The van der Waals surface area contributed by atoms with E-state index in [0.717, 1.165) is 37.6 Å². The number of piperidine rings is 1. The molecule has 0 bridgehead atoms. The highest BCUT2D eigenvalue weighted by Gasteiger charge is 2.27. The highest BCUT2D eigenvalue weighted by Crippen LogP contribution is 2.31. The van der Waals surface area contributed by atoms with E-state index in [0.29, 0.717) is 30.4 Å². The minimum absolute atomic E-state index is 0.0133. The van der Waals surface area contributed by atoms with Crippen LogP contribution in [0.1, 0.15) is 32.4 Å². The van der Waals surface area contributed by atoms with E-state index in [1.54, 1.807) is 6.20 Å². The average Bonchev–Trinajstić information content (AvgIpc) is 2.70. The number of anilines is 2. The predicted octanol–water partition coefficient (Wildman–Crippen LogP) is 3.44. The Kier molecular flexibility index (Phi) is 6.68. The van der Waals surface area contributed by atoms with Gasteiger partial charge in [-0.1, -0.05) is 0 Å². The van der Waals surface area contributed by atoms with E-state index in [-0.39, 0.29) is 11.8 Å². The van der Waals surface area contributed by atoms with Crippen molar-refractivity contribution in [3.8, 4) is 11.5 Å². The van der Waals surface area contributed by atoms with Gasteiger partial charge >= 0.3 is 0 Å². The maximum atomic E-state index is 12.8. The summed E-state index contributed by atoms with van der Waals surface area (Å²) in [7, 11) is 0. The van der Waals surface area contributed by atoms with Gasteiger partial charge in [-0.15, -0.1) is 0 Å². The average molecular weight is 384 g/mol. The van der Waals surface area contributed by atoms with Gasteiger partial charge in [0.05, 0.1) is 18.9 Å². The van der Waals surface area contributed by atoms with Crippen molar-refractivity contribution in [3.05, 3.63) is 36.2 Å². The van der Waals surface area contributed by atoms with E-state index < -0.39 is 0 Å². The number of carbonyl (C=O) groups excluding carboxylic acids is 1. The summed E-state index contributed by atoms with van der Waals surface area (Å²) < 4.78 is 11.2. The van der Waals surface area contributed by atoms with Gasteiger partial charge in [-0.25, -0.2) is 9.97 Å². The van der Waals surface area contributed by atoms with Crippen molar-refractivity contribution in [1.29, 1.82) is 0 Å². The standard InChI is InChI=1S/C21H28N4O3/c1-4-27-17-6-7-19(28-5-2)18(14-17)24-20(26)16-9-12-25(13-10-16)21-22-11-8-15(3)23-21/h6-8,11,14,16H,4-5,9-10,12-13H2,1-3H3,(H,24,26). The number of aryl methyl sites for hydroxylation is 1. The van der Waals surface area contributed by atoms with E-state index >= 15 is 0 Å². The van der Waals surface area contributed by atoms with Crippen molar-refractivity contribution in [3.63, 3.8) is 0 Å². The minimum Gasteiger partial charge on any atom is -0.494 e. The summed E-state index contributed by atoms with van der Waals surface area (Å²) in [5, 5.41) is 3.03. The molecule has 0 spiro atoms. The van der Waals surface area contributed by atoms with Crippen molar-refractivity contribution in [2.45, 2.75) is 33.6 Å². The summed E-state index contributed by atoms with van der Waals surface area (Å²) >= 11 is 0. The van der Waals surface area contributed by atoms with Crippen molar-refractivity contribution >= 4 is 17.5 Å². The number of nitrogens with zero attached hydrogens (tertiary/aromatic N) is 3. The Morgan fingerprint density at radius 1 is 1.18 bits per heavy atom. The molecule has 150 valence electrons. The normalized spacial score (nSPS) is 14.6. The Bertz CT molecular complexity index is 804.